The Morgan fingerprint density at radius 3 is 2.42 bits per heavy atom. The molecule has 0 fully saturated rings. The van der Waals surface area contributed by atoms with E-state index in [-0.39, 0.29) is 0 Å². The second-order valence-corrected chi connectivity index (χ2v) is 3.51. The van der Waals surface area contributed by atoms with E-state index in [4.69, 9.17) is 5.26 Å². The molecule has 0 aliphatic heterocycles. The van der Waals surface area contributed by atoms with Gasteiger partial charge in [-0.1, -0.05) is 44.1 Å². The van der Waals surface area contributed by atoms with E-state index in [2.05, 4.69) is 16.3 Å². The van der Waals surface area contributed by atoms with Gasteiger partial charge in [0, 0.05) is 17.8 Å². The zero-order chi connectivity index (χ0) is 9.07. The summed E-state index contributed by atoms with van der Waals surface area (Å²) in [6.45, 7) is 2.21. The van der Waals surface area contributed by atoms with Crippen LogP contribution in [0.5, 0.6) is 0 Å². The van der Waals surface area contributed by atoms with Crippen molar-refractivity contribution in [3.63, 3.8) is 0 Å². The quantitative estimate of drug-likeness (QED) is 0.264. The molecule has 0 spiro atoms. The van der Waals surface area contributed by atoms with Crippen molar-refractivity contribution in [3.8, 4) is 0 Å². The van der Waals surface area contributed by atoms with Gasteiger partial charge in [-0.15, -0.1) is 4.33 Å². The molecular weight excluding hydrogens is 176 g/mol. The summed E-state index contributed by atoms with van der Waals surface area (Å²) >= 11 is 1.14. The molecule has 0 aromatic carbocycles. The maximum absolute atomic E-state index is 7.80. The van der Waals surface area contributed by atoms with Gasteiger partial charge in [0.2, 0.25) is 0 Å². The van der Waals surface area contributed by atoms with Gasteiger partial charge in [0.15, 0.2) is 0 Å². The van der Waals surface area contributed by atoms with E-state index in [0.29, 0.717) is 0 Å². The zero-order valence-corrected chi connectivity index (χ0v) is 8.44. The molecule has 0 heterocycles. The van der Waals surface area contributed by atoms with Crippen LogP contribution < -0.4 is 0 Å². The smallest absolute Gasteiger partial charge is 0.0346 e. The molecule has 0 saturated carbocycles. The van der Waals surface area contributed by atoms with E-state index in [1.807, 2.05) is 0 Å². The predicted molar refractivity (Wildman–Crippen MR) is 50.6 cm³/mol. The van der Waals surface area contributed by atoms with Crippen molar-refractivity contribution in [1.29, 1.82) is 0 Å². The van der Waals surface area contributed by atoms with Crippen LogP contribution in [0.25, 0.3) is 0 Å². The summed E-state index contributed by atoms with van der Waals surface area (Å²) in [5.74, 6) is 0.882. The first kappa shape index (κ1) is 12.2. The van der Waals surface area contributed by atoms with Crippen LogP contribution in [0.15, 0.2) is 0 Å². The van der Waals surface area contributed by atoms with E-state index in [1.54, 1.807) is 0 Å². The van der Waals surface area contributed by atoms with E-state index in [9.17, 15) is 0 Å². The average Bonchev–Trinajstić information content (AvgIpc) is 2.10. The van der Waals surface area contributed by atoms with Crippen molar-refractivity contribution in [2.24, 2.45) is 0 Å². The first-order valence-corrected chi connectivity index (χ1v) is 5.42. The fraction of sp³-hybridized carbons (Fsp3) is 1.00. The van der Waals surface area contributed by atoms with Crippen molar-refractivity contribution < 1.29 is 14.6 Å². The maximum atomic E-state index is 7.80. The van der Waals surface area contributed by atoms with Crippen molar-refractivity contribution in [2.45, 2.75) is 45.4 Å². The molecule has 4 heteroatoms. The largest absolute Gasteiger partial charge is 0.220 e. The number of unbranched alkanes of at least 4 members (excludes halogenated alkanes) is 5. The molecule has 0 rings (SSSR count). The number of rotatable bonds is 9. The van der Waals surface area contributed by atoms with Crippen LogP contribution in [0.1, 0.15) is 45.4 Å². The third-order valence-electron chi connectivity index (χ3n) is 1.66. The SMILES string of the molecule is CCCCCCCCSOOO. The number of hydrogen-bond donors (Lipinski definition) is 1. The average molecular weight is 194 g/mol. The Morgan fingerprint density at radius 1 is 1.08 bits per heavy atom. The molecule has 0 atom stereocenters. The van der Waals surface area contributed by atoms with Crippen molar-refractivity contribution in [3.05, 3.63) is 0 Å². The summed E-state index contributed by atoms with van der Waals surface area (Å²) in [5, 5.41) is 11.2. The molecular formula is C8H18O3S. The Morgan fingerprint density at radius 2 is 1.75 bits per heavy atom. The lowest BCUT2D eigenvalue weighted by Gasteiger charge is -1.98. The summed E-state index contributed by atoms with van der Waals surface area (Å²) in [6, 6.07) is 0. The van der Waals surface area contributed by atoms with E-state index in [1.165, 1.54) is 32.1 Å². The van der Waals surface area contributed by atoms with Crippen LogP contribution in [0.3, 0.4) is 0 Å². The highest BCUT2D eigenvalue weighted by atomic mass is 32.2. The van der Waals surface area contributed by atoms with Crippen LogP contribution in [-0.2, 0) is 9.37 Å². The Kier molecular flexibility index (Phi) is 11.4. The Balaban J connectivity index is 2.73. The molecule has 0 amide bonds. The highest BCUT2D eigenvalue weighted by molar-refractivity contribution is 7.94. The molecule has 0 saturated heterocycles. The van der Waals surface area contributed by atoms with Gasteiger partial charge < -0.3 is 0 Å². The standard InChI is InChI=1S/C8H18O3S/c1-2-3-4-5-6-7-8-12-11-10-9/h9H,2-8H2,1H3. The lowest BCUT2D eigenvalue weighted by atomic mass is 10.1. The fourth-order valence-electron chi connectivity index (χ4n) is 0.997. The van der Waals surface area contributed by atoms with Crippen molar-refractivity contribution in [2.75, 3.05) is 5.75 Å². The molecule has 0 aliphatic rings. The van der Waals surface area contributed by atoms with Gasteiger partial charge in [0.25, 0.3) is 0 Å². The number of hydrogen-bond acceptors (Lipinski definition) is 4. The molecule has 3 nitrogen and oxygen atoms in total. The maximum Gasteiger partial charge on any atom is 0.0346 e. The van der Waals surface area contributed by atoms with Crippen LogP contribution in [0, 0.1) is 0 Å². The van der Waals surface area contributed by atoms with Crippen molar-refractivity contribution in [1.82, 2.24) is 0 Å². The van der Waals surface area contributed by atoms with Gasteiger partial charge in [-0.3, -0.25) is 0 Å². The molecule has 74 valence electrons. The Labute approximate surface area is 78.5 Å². The Bertz CT molecular complexity index is 70.7. The highest BCUT2D eigenvalue weighted by Gasteiger charge is 1.91. The molecule has 0 aliphatic carbocycles. The second kappa shape index (κ2) is 11.2. The monoisotopic (exact) mass is 194 g/mol. The summed E-state index contributed by atoms with van der Waals surface area (Å²) < 4.78 is 4.23. The van der Waals surface area contributed by atoms with Gasteiger partial charge in [0.1, 0.15) is 0 Å². The molecule has 0 radical (unpaired) electrons. The molecule has 12 heavy (non-hydrogen) atoms. The van der Waals surface area contributed by atoms with Gasteiger partial charge in [-0.05, 0) is 6.42 Å². The van der Waals surface area contributed by atoms with Gasteiger partial charge in [-0.25, -0.2) is 5.26 Å². The van der Waals surface area contributed by atoms with Crippen LogP contribution in [0.4, 0.5) is 0 Å². The molecule has 0 bridgehead atoms. The van der Waals surface area contributed by atoms with Crippen LogP contribution in [-0.4, -0.2) is 11.0 Å². The highest BCUT2D eigenvalue weighted by Crippen LogP contribution is 2.10. The van der Waals surface area contributed by atoms with E-state index < -0.39 is 0 Å². The lowest BCUT2D eigenvalue weighted by Crippen LogP contribution is -1.84. The lowest BCUT2D eigenvalue weighted by molar-refractivity contribution is -0.432. The molecule has 0 aromatic heterocycles. The van der Waals surface area contributed by atoms with Gasteiger partial charge >= 0.3 is 0 Å². The fourth-order valence-corrected chi connectivity index (χ4v) is 1.43. The molecule has 0 aromatic rings. The first-order valence-electron chi connectivity index (χ1n) is 4.51. The van der Waals surface area contributed by atoms with E-state index in [0.717, 1.165) is 24.2 Å². The second-order valence-electron chi connectivity index (χ2n) is 2.73. The van der Waals surface area contributed by atoms with E-state index >= 15 is 0 Å². The molecule has 1 N–H and O–H groups in total. The minimum Gasteiger partial charge on any atom is -0.220 e. The van der Waals surface area contributed by atoms with Crippen molar-refractivity contribution >= 4 is 12.0 Å². The summed E-state index contributed by atoms with van der Waals surface area (Å²) in [5.41, 5.74) is 0. The van der Waals surface area contributed by atoms with Gasteiger partial charge in [0.05, 0.1) is 0 Å². The van der Waals surface area contributed by atoms with Crippen LogP contribution >= 0.6 is 12.0 Å². The normalized spacial score (nSPS) is 10.5. The Hall–Kier alpha value is 0.230. The summed E-state index contributed by atoms with van der Waals surface area (Å²) in [7, 11) is 0. The van der Waals surface area contributed by atoms with Crippen LogP contribution in [0.2, 0.25) is 0 Å². The first-order chi connectivity index (χ1) is 5.91. The minimum atomic E-state index is 0.882. The third-order valence-corrected chi connectivity index (χ3v) is 2.27. The summed E-state index contributed by atoms with van der Waals surface area (Å²) in [6.07, 6.45) is 7.62. The molecule has 0 unspecified atom stereocenters. The summed E-state index contributed by atoms with van der Waals surface area (Å²) in [4.78, 5) is 0. The van der Waals surface area contributed by atoms with Gasteiger partial charge in [-0.2, -0.15) is 0 Å². The topological polar surface area (TPSA) is 38.7 Å². The predicted octanol–water partition coefficient (Wildman–Crippen LogP) is 3.42. The minimum absolute atomic E-state index is 0.882. The third kappa shape index (κ3) is 10.2. The zero-order valence-electron chi connectivity index (χ0n) is 7.62.